The fourth-order valence-corrected chi connectivity index (χ4v) is 4.37. The maximum absolute atomic E-state index is 10.8. The van der Waals surface area contributed by atoms with Gasteiger partial charge in [0.05, 0.1) is 29.7 Å². The van der Waals surface area contributed by atoms with Crippen LogP contribution in [0.5, 0.6) is 11.6 Å². The van der Waals surface area contributed by atoms with Crippen LogP contribution in [0.1, 0.15) is 50.4 Å². The average Bonchev–Trinajstić information content (AvgIpc) is 3.61. The Balaban J connectivity index is 1.63. The fourth-order valence-electron chi connectivity index (χ4n) is 4.37. The smallest absolute Gasteiger partial charge is 0.227 e. The molecule has 1 fully saturated rings. The van der Waals surface area contributed by atoms with Crippen molar-refractivity contribution in [1.29, 1.82) is 0 Å². The quantitative estimate of drug-likeness (QED) is 0.310. The number of aliphatic hydroxyl groups excluding tert-OH is 1. The number of aromatic nitrogens is 2. The topological polar surface area (TPSA) is 59.8 Å². The maximum atomic E-state index is 10.8. The molecule has 1 N–H and O–H groups in total. The average molecular weight is 492 g/mol. The number of hydrogen-bond donors (Lipinski definition) is 1. The zero-order valence-electron chi connectivity index (χ0n) is 22.2. The van der Waals surface area contributed by atoms with Gasteiger partial charge in [0, 0.05) is 26.2 Å². The summed E-state index contributed by atoms with van der Waals surface area (Å²) in [5.41, 5.74) is 4.26. The van der Waals surface area contributed by atoms with E-state index in [-0.39, 0.29) is 0 Å². The highest BCUT2D eigenvalue weighted by atomic mass is 16.5. The first-order chi connectivity index (χ1) is 17.4. The van der Waals surface area contributed by atoms with Gasteiger partial charge in [-0.05, 0) is 62.3 Å². The van der Waals surface area contributed by atoms with Crippen molar-refractivity contribution in [3.8, 4) is 17.3 Å². The lowest BCUT2D eigenvalue weighted by Crippen LogP contribution is -2.36. The van der Waals surface area contributed by atoms with E-state index in [0.29, 0.717) is 38.1 Å². The molecule has 194 valence electrons. The number of rotatable bonds is 14. The second-order valence-electron chi connectivity index (χ2n) is 10.5. The Bertz CT molecular complexity index is 1070. The van der Waals surface area contributed by atoms with Gasteiger partial charge in [0.2, 0.25) is 5.88 Å². The maximum Gasteiger partial charge on any atom is 0.227 e. The summed E-state index contributed by atoms with van der Waals surface area (Å²) < 4.78 is 14.2. The molecule has 0 bridgehead atoms. The Kier molecular flexibility index (Phi) is 9.19. The molecule has 1 saturated carbocycles. The standard InChI is InChI=1S/C30H41N3O3/c1-5-29-28(19-32(17-24-13-14-24)18-26(34)21-35-20-22(2)3)30(36-27-15-11-23(4)12-16-27)33(31-29)25-9-7-6-8-10-25/h6-12,15-16,22,24,26,34H,5,13-14,17-21H2,1-4H3/t26-/m0/s1. The minimum atomic E-state index is -0.529. The summed E-state index contributed by atoms with van der Waals surface area (Å²) in [4.78, 5) is 2.36. The third-order valence-corrected chi connectivity index (χ3v) is 6.42. The van der Waals surface area contributed by atoms with E-state index >= 15 is 0 Å². The molecule has 6 nitrogen and oxygen atoms in total. The van der Waals surface area contributed by atoms with Crippen molar-refractivity contribution >= 4 is 0 Å². The number of benzene rings is 2. The lowest BCUT2D eigenvalue weighted by atomic mass is 10.1. The molecule has 0 saturated heterocycles. The molecular weight excluding hydrogens is 450 g/mol. The monoisotopic (exact) mass is 491 g/mol. The van der Waals surface area contributed by atoms with Crippen molar-refractivity contribution < 1.29 is 14.6 Å². The first-order valence-electron chi connectivity index (χ1n) is 13.3. The molecule has 0 unspecified atom stereocenters. The summed E-state index contributed by atoms with van der Waals surface area (Å²) in [5, 5.41) is 15.8. The van der Waals surface area contributed by atoms with E-state index in [1.807, 2.05) is 35.0 Å². The Morgan fingerprint density at radius 3 is 2.42 bits per heavy atom. The predicted octanol–water partition coefficient (Wildman–Crippen LogP) is 5.78. The van der Waals surface area contributed by atoms with Crippen LogP contribution >= 0.6 is 0 Å². The van der Waals surface area contributed by atoms with Crippen LogP contribution < -0.4 is 4.74 Å². The van der Waals surface area contributed by atoms with Crippen LogP contribution in [0.15, 0.2) is 54.6 Å². The van der Waals surface area contributed by atoms with Crippen molar-refractivity contribution in [1.82, 2.24) is 14.7 Å². The summed E-state index contributed by atoms with van der Waals surface area (Å²) in [5.74, 6) is 2.69. The molecule has 1 aliphatic carbocycles. The van der Waals surface area contributed by atoms with E-state index in [0.717, 1.165) is 41.5 Å². The van der Waals surface area contributed by atoms with E-state index in [4.69, 9.17) is 14.6 Å². The molecule has 36 heavy (non-hydrogen) atoms. The van der Waals surface area contributed by atoms with Crippen LogP contribution in [-0.4, -0.2) is 52.2 Å². The van der Waals surface area contributed by atoms with Gasteiger partial charge in [-0.3, -0.25) is 4.90 Å². The van der Waals surface area contributed by atoms with Crippen LogP contribution in [0, 0.1) is 18.8 Å². The highest BCUT2D eigenvalue weighted by molar-refractivity contribution is 5.44. The molecule has 0 radical (unpaired) electrons. The summed E-state index contributed by atoms with van der Waals surface area (Å²) in [6.45, 7) is 11.7. The third kappa shape index (κ3) is 7.42. The van der Waals surface area contributed by atoms with Gasteiger partial charge in [-0.2, -0.15) is 5.10 Å². The molecular formula is C30H41N3O3. The molecule has 1 atom stereocenters. The molecule has 6 heteroatoms. The van der Waals surface area contributed by atoms with Crippen LogP contribution in [0.25, 0.3) is 5.69 Å². The minimum absolute atomic E-state index is 0.357. The van der Waals surface area contributed by atoms with E-state index in [9.17, 15) is 5.11 Å². The van der Waals surface area contributed by atoms with Gasteiger partial charge >= 0.3 is 0 Å². The Labute approximate surface area is 215 Å². The number of nitrogens with zero attached hydrogens (tertiary/aromatic N) is 3. The van der Waals surface area contributed by atoms with Gasteiger partial charge in [0.25, 0.3) is 0 Å². The SMILES string of the molecule is CCc1nn(-c2ccccc2)c(Oc2ccc(C)cc2)c1CN(CC1CC1)C[C@H](O)COCC(C)C. The van der Waals surface area contributed by atoms with Crippen molar-refractivity contribution in [2.75, 3.05) is 26.3 Å². The largest absolute Gasteiger partial charge is 0.439 e. The third-order valence-electron chi connectivity index (χ3n) is 6.42. The van der Waals surface area contributed by atoms with Gasteiger partial charge in [-0.25, -0.2) is 4.68 Å². The summed E-state index contributed by atoms with van der Waals surface area (Å²) in [7, 11) is 0. The van der Waals surface area contributed by atoms with Crippen molar-refractivity contribution in [3.05, 3.63) is 71.4 Å². The molecule has 1 heterocycles. The number of ether oxygens (including phenoxy) is 2. The normalized spacial score (nSPS) is 14.5. The Morgan fingerprint density at radius 1 is 1.06 bits per heavy atom. The van der Waals surface area contributed by atoms with Gasteiger partial charge in [-0.15, -0.1) is 0 Å². The van der Waals surface area contributed by atoms with E-state index in [1.54, 1.807) is 0 Å². The number of aliphatic hydroxyl groups is 1. The second-order valence-corrected chi connectivity index (χ2v) is 10.5. The molecule has 1 aromatic heterocycles. The Hall–Kier alpha value is -2.67. The zero-order valence-corrected chi connectivity index (χ0v) is 22.2. The van der Waals surface area contributed by atoms with Gasteiger partial charge in [0.1, 0.15) is 5.75 Å². The highest BCUT2D eigenvalue weighted by Gasteiger charge is 2.28. The predicted molar refractivity (Wildman–Crippen MR) is 144 cm³/mol. The lowest BCUT2D eigenvalue weighted by Gasteiger charge is -2.26. The number of para-hydroxylation sites is 1. The summed E-state index contributed by atoms with van der Waals surface area (Å²) in [6, 6.07) is 18.3. The lowest BCUT2D eigenvalue weighted by molar-refractivity contribution is 0.00608. The molecule has 2 aromatic carbocycles. The van der Waals surface area contributed by atoms with Crippen LogP contribution in [-0.2, 0) is 17.7 Å². The first-order valence-corrected chi connectivity index (χ1v) is 13.3. The molecule has 0 spiro atoms. The van der Waals surface area contributed by atoms with Gasteiger partial charge < -0.3 is 14.6 Å². The van der Waals surface area contributed by atoms with Crippen LogP contribution in [0.4, 0.5) is 0 Å². The molecule has 0 amide bonds. The van der Waals surface area contributed by atoms with Gasteiger partial charge in [0.15, 0.2) is 0 Å². The second kappa shape index (κ2) is 12.5. The van der Waals surface area contributed by atoms with E-state index < -0.39 is 6.10 Å². The number of aryl methyl sites for hydroxylation is 2. The molecule has 1 aliphatic rings. The molecule has 3 aromatic rings. The highest BCUT2D eigenvalue weighted by Crippen LogP contribution is 2.34. The minimum Gasteiger partial charge on any atom is -0.439 e. The Morgan fingerprint density at radius 2 is 1.78 bits per heavy atom. The van der Waals surface area contributed by atoms with Gasteiger partial charge in [-0.1, -0.05) is 56.7 Å². The summed E-state index contributed by atoms with van der Waals surface area (Å²) in [6.07, 6.45) is 2.79. The van der Waals surface area contributed by atoms with Crippen molar-refractivity contribution in [3.63, 3.8) is 0 Å². The van der Waals surface area contributed by atoms with E-state index in [2.05, 4.69) is 56.9 Å². The molecule has 4 rings (SSSR count). The van der Waals surface area contributed by atoms with E-state index in [1.165, 1.54) is 18.4 Å². The van der Waals surface area contributed by atoms with Crippen molar-refractivity contribution in [2.45, 2.75) is 59.6 Å². The zero-order chi connectivity index (χ0) is 25.5. The molecule has 0 aliphatic heterocycles. The van der Waals surface area contributed by atoms with Crippen LogP contribution in [0.2, 0.25) is 0 Å². The number of hydrogen-bond acceptors (Lipinski definition) is 5. The first kappa shape index (κ1) is 26.4. The van der Waals surface area contributed by atoms with Crippen molar-refractivity contribution in [2.24, 2.45) is 11.8 Å². The summed E-state index contributed by atoms with van der Waals surface area (Å²) >= 11 is 0. The van der Waals surface area contributed by atoms with Crippen LogP contribution in [0.3, 0.4) is 0 Å². The fraction of sp³-hybridized carbons (Fsp3) is 0.500.